The number of nitrogens with zero attached hydrogens (tertiary/aromatic N) is 2. The molecule has 0 bridgehead atoms. The molecule has 1 aromatic heterocycles. The highest BCUT2D eigenvalue weighted by Crippen LogP contribution is 2.44. The van der Waals surface area contributed by atoms with E-state index < -0.39 is 5.92 Å². The molecule has 0 spiro atoms. The topological polar surface area (TPSA) is 52.7 Å². The molecule has 2 heterocycles. The van der Waals surface area contributed by atoms with E-state index in [4.69, 9.17) is 0 Å². The number of carbonyl (C=O) groups is 2. The van der Waals surface area contributed by atoms with Crippen LogP contribution in [0, 0.1) is 12.8 Å². The second-order valence-corrected chi connectivity index (χ2v) is 10.9. The van der Waals surface area contributed by atoms with Gasteiger partial charge in [0.25, 0.3) is 5.91 Å². The molecule has 1 aliphatic rings. The standard InChI is InChI=1S/C30H37N3O2S/c1-5-32(23-12-8-11-22(4)19-23)17-10-16-31-29(34)27-24-13-6-7-14-25(24)30(35)33(20-21(2)3)28(27)26-15-9-18-36-26/h6-9,11-15,18-19,21,27-28H,5,10,16-17,20H2,1-4H3,(H,31,34). The molecular formula is C30H37N3O2S. The van der Waals surface area contributed by atoms with Crippen molar-refractivity contribution in [1.29, 1.82) is 0 Å². The molecule has 2 unspecified atom stereocenters. The quantitative estimate of drug-likeness (QED) is 0.344. The first-order valence-corrected chi connectivity index (χ1v) is 13.8. The Morgan fingerprint density at radius 1 is 1.11 bits per heavy atom. The molecule has 36 heavy (non-hydrogen) atoms. The SMILES string of the molecule is CCN(CCCNC(=O)C1c2ccccc2C(=O)N(CC(C)C)C1c1cccs1)c1cccc(C)c1. The molecule has 0 saturated heterocycles. The molecule has 2 atom stereocenters. The van der Waals surface area contributed by atoms with Gasteiger partial charge in [0.1, 0.15) is 0 Å². The summed E-state index contributed by atoms with van der Waals surface area (Å²) in [5.41, 5.74) is 3.93. The fourth-order valence-corrected chi connectivity index (χ4v) is 6.01. The highest BCUT2D eigenvalue weighted by molar-refractivity contribution is 7.10. The minimum Gasteiger partial charge on any atom is -0.372 e. The number of benzene rings is 2. The summed E-state index contributed by atoms with van der Waals surface area (Å²) in [5.74, 6) is -0.137. The number of nitrogens with one attached hydrogen (secondary N) is 1. The lowest BCUT2D eigenvalue weighted by atomic mass is 9.81. The van der Waals surface area contributed by atoms with Gasteiger partial charge in [-0.15, -0.1) is 11.3 Å². The predicted octanol–water partition coefficient (Wildman–Crippen LogP) is 6.03. The molecule has 0 radical (unpaired) electrons. The Balaban J connectivity index is 1.53. The highest BCUT2D eigenvalue weighted by atomic mass is 32.1. The van der Waals surface area contributed by atoms with E-state index in [-0.39, 0.29) is 17.9 Å². The summed E-state index contributed by atoms with van der Waals surface area (Å²) in [6.45, 7) is 11.5. The van der Waals surface area contributed by atoms with E-state index in [1.54, 1.807) is 11.3 Å². The van der Waals surface area contributed by atoms with Crippen LogP contribution in [0.1, 0.15) is 65.5 Å². The van der Waals surface area contributed by atoms with Crippen LogP contribution in [-0.4, -0.2) is 42.9 Å². The third-order valence-electron chi connectivity index (χ3n) is 6.77. The van der Waals surface area contributed by atoms with Crippen molar-refractivity contribution < 1.29 is 9.59 Å². The number of amides is 2. The maximum atomic E-state index is 13.8. The Morgan fingerprint density at radius 3 is 2.61 bits per heavy atom. The fourth-order valence-electron chi connectivity index (χ4n) is 5.13. The monoisotopic (exact) mass is 503 g/mol. The van der Waals surface area contributed by atoms with E-state index in [0.29, 0.717) is 24.6 Å². The lowest BCUT2D eigenvalue weighted by molar-refractivity contribution is -0.124. The summed E-state index contributed by atoms with van der Waals surface area (Å²) < 4.78 is 0. The second kappa shape index (κ2) is 11.7. The number of aryl methyl sites for hydroxylation is 1. The Labute approximate surface area is 219 Å². The molecule has 2 amide bonds. The van der Waals surface area contributed by atoms with Gasteiger partial charge in [0.2, 0.25) is 5.91 Å². The van der Waals surface area contributed by atoms with Crippen molar-refractivity contribution in [2.75, 3.05) is 31.1 Å². The normalized spacial score (nSPS) is 17.2. The molecule has 0 saturated carbocycles. The van der Waals surface area contributed by atoms with E-state index in [1.165, 1.54) is 11.3 Å². The predicted molar refractivity (Wildman–Crippen MR) is 149 cm³/mol. The fraction of sp³-hybridized carbons (Fsp3) is 0.400. The number of fused-ring (bicyclic) bond motifs is 1. The van der Waals surface area contributed by atoms with Crippen LogP contribution in [0.4, 0.5) is 5.69 Å². The van der Waals surface area contributed by atoms with Crippen LogP contribution in [0.3, 0.4) is 0 Å². The van der Waals surface area contributed by atoms with E-state index in [2.05, 4.69) is 62.2 Å². The van der Waals surface area contributed by atoms with Crippen LogP contribution in [-0.2, 0) is 4.79 Å². The number of rotatable bonds is 10. The van der Waals surface area contributed by atoms with Gasteiger partial charge in [0.05, 0.1) is 12.0 Å². The first kappa shape index (κ1) is 26.0. The Hall–Kier alpha value is -3.12. The average molecular weight is 504 g/mol. The van der Waals surface area contributed by atoms with Crippen molar-refractivity contribution in [2.24, 2.45) is 5.92 Å². The summed E-state index contributed by atoms with van der Waals surface area (Å²) in [5, 5.41) is 5.24. The number of carbonyl (C=O) groups excluding carboxylic acids is 2. The molecular weight excluding hydrogens is 466 g/mol. The zero-order chi connectivity index (χ0) is 25.7. The third-order valence-corrected chi connectivity index (χ3v) is 7.71. The second-order valence-electron chi connectivity index (χ2n) is 9.94. The molecule has 3 aromatic rings. The van der Waals surface area contributed by atoms with E-state index in [0.717, 1.165) is 30.0 Å². The first-order chi connectivity index (χ1) is 17.4. The Bertz CT molecular complexity index is 1170. The lowest BCUT2D eigenvalue weighted by Gasteiger charge is -2.42. The number of hydrogen-bond donors (Lipinski definition) is 1. The maximum Gasteiger partial charge on any atom is 0.254 e. The third kappa shape index (κ3) is 5.65. The molecule has 5 nitrogen and oxygen atoms in total. The average Bonchev–Trinajstić information content (AvgIpc) is 3.40. The van der Waals surface area contributed by atoms with Gasteiger partial charge in [0.15, 0.2) is 0 Å². The minimum atomic E-state index is -0.435. The van der Waals surface area contributed by atoms with Crippen LogP contribution < -0.4 is 10.2 Å². The molecule has 0 aliphatic carbocycles. The minimum absolute atomic E-state index is 0.0125. The molecule has 4 rings (SSSR count). The number of hydrogen-bond acceptors (Lipinski definition) is 4. The van der Waals surface area contributed by atoms with Crippen LogP contribution >= 0.6 is 11.3 Å². The molecule has 6 heteroatoms. The van der Waals surface area contributed by atoms with Gasteiger partial charge in [0, 0.05) is 42.3 Å². The smallest absolute Gasteiger partial charge is 0.254 e. The number of anilines is 1. The van der Waals surface area contributed by atoms with Crippen molar-refractivity contribution in [2.45, 2.75) is 46.1 Å². The zero-order valence-corrected chi connectivity index (χ0v) is 22.6. The zero-order valence-electron chi connectivity index (χ0n) is 21.7. The van der Waals surface area contributed by atoms with Crippen LogP contribution in [0.25, 0.3) is 0 Å². The van der Waals surface area contributed by atoms with Gasteiger partial charge >= 0.3 is 0 Å². The molecule has 0 fully saturated rings. The molecule has 190 valence electrons. The Kier molecular flexibility index (Phi) is 8.47. The van der Waals surface area contributed by atoms with Gasteiger partial charge in [-0.1, -0.05) is 50.2 Å². The van der Waals surface area contributed by atoms with E-state index in [9.17, 15) is 9.59 Å². The van der Waals surface area contributed by atoms with E-state index >= 15 is 0 Å². The summed E-state index contributed by atoms with van der Waals surface area (Å²) in [6.07, 6.45) is 0.847. The van der Waals surface area contributed by atoms with Gasteiger partial charge < -0.3 is 15.1 Å². The molecule has 2 aromatic carbocycles. The van der Waals surface area contributed by atoms with Gasteiger partial charge in [-0.25, -0.2) is 0 Å². The molecule has 1 N–H and O–H groups in total. The largest absolute Gasteiger partial charge is 0.372 e. The van der Waals surface area contributed by atoms with Crippen LogP contribution in [0.2, 0.25) is 0 Å². The van der Waals surface area contributed by atoms with Crippen molar-refractivity contribution in [3.8, 4) is 0 Å². The van der Waals surface area contributed by atoms with Crippen molar-refractivity contribution in [1.82, 2.24) is 10.2 Å². The Morgan fingerprint density at radius 2 is 1.92 bits per heavy atom. The van der Waals surface area contributed by atoms with Gasteiger partial charge in [-0.3, -0.25) is 9.59 Å². The first-order valence-electron chi connectivity index (χ1n) is 12.9. The van der Waals surface area contributed by atoms with Crippen LogP contribution in [0.5, 0.6) is 0 Å². The van der Waals surface area contributed by atoms with Crippen LogP contribution in [0.15, 0.2) is 66.0 Å². The van der Waals surface area contributed by atoms with Gasteiger partial charge in [-0.2, -0.15) is 0 Å². The summed E-state index contributed by atoms with van der Waals surface area (Å²) in [4.78, 5) is 32.6. The highest BCUT2D eigenvalue weighted by Gasteiger charge is 2.44. The summed E-state index contributed by atoms with van der Waals surface area (Å²) in [7, 11) is 0. The lowest BCUT2D eigenvalue weighted by Crippen LogP contribution is -2.48. The summed E-state index contributed by atoms with van der Waals surface area (Å²) in [6, 6.07) is 19.9. The summed E-state index contributed by atoms with van der Waals surface area (Å²) >= 11 is 1.61. The van der Waals surface area contributed by atoms with Gasteiger partial charge in [-0.05, 0) is 67.0 Å². The van der Waals surface area contributed by atoms with Crippen molar-refractivity contribution in [3.05, 3.63) is 87.6 Å². The van der Waals surface area contributed by atoms with E-state index in [1.807, 2.05) is 46.7 Å². The maximum absolute atomic E-state index is 13.8. The van der Waals surface area contributed by atoms with Crippen molar-refractivity contribution in [3.63, 3.8) is 0 Å². The number of thiophene rings is 1. The van der Waals surface area contributed by atoms with Crippen molar-refractivity contribution >= 4 is 28.8 Å². The molecule has 1 aliphatic heterocycles.